The smallest absolute Gasteiger partial charge is 0.233 e. The number of rotatable bonds is 9. The van der Waals surface area contributed by atoms with E-state index < -0.39 is 0 Å². The highest BCUT2D eigenvalue weighted by molar-refractivity contribution is 7.80. The van der Waals surface area contributed by atoms with Gasteiger partial charge in [0.05, 0.1) is 6.54 Å². The molecular formula is C9H22N4OS. The van der Waals surface area contributed by atoms with Crippen LogP contribution in [0.15, 0.2) is 0 Å². The van der Waals surface area contributed by atoms with E-state index in [1.807, 2.05) is 7.05 Å². The molecule has 0 aliphatic carbocycles. The highest BCUT2D eigenvalue weighted by atomic mass is 32.1. The monoisotopic (exact) mass is 234 g/mol. The Hall–Kier alpha value is -0.300. The van der Waals surface area contributed by atoms with Crippen molar-refractivity contribution < 1.29 is 4.79 Å². The first-order valence-corrected chi connectivity index (χ1v) is 5.78. The maximum Gasteiger partial charge on any atom is 0.233 e. The maximum absolute atomic E-state index is 10.9. The van der Waals surface area contributed by atoms with E-state index in [4.69, 9.17) is 0 Å². The number of nitrogens with one attached hydrogen (secondary N) is 4. The van der Waals surface area contributed by atoms with E-state index in [0.29, 0.717) is 12.6 Å². The molecule has 0 rings (SSSR count). The van der Waals surface area contributed by atoms with Gasteiger partial charge in [-0.3, -0.25) is 4.79 Å². The number of thiol groups is 1. The van der Waals surface area contributed by atoms with Crippen molar-refractivity contribution in [3.05, 3.63) is 0 Å². The van der Waals surface area contributed by atoms with Gasteiger partial charge in [0.25, 0.3) is 0 Å². The quantitative estimate of drug-likeness (QED) is 0.247. The molecule has 0 aliphatic heterocycles. The van der Waals surface area contributed by atoms with Crippen molar-refractivity contribution in [1.29, 1.82) is 0 Å². The number of amides is 1. The molecule has 0 bridgehead atoms. The largest absolute Gasteiger partial charge is 0.358 e. The minimum atomic E-state index is 0.00291. The van der Waals surface area contributed by atoms with Gasteiger partial charge in [0, 0.05) is 38.5 Å². The second-order valence-corrected chi connectivity index (χ2v) is 3.61. The highest BCUT2D eigenvalue weighted by Crippen LogP contribution is 1.85. The second kappa shape index (κ2) is 10.2. The van der Waals surface area contributed by atoms with Gasteiger partial charge in [0.1, 0.15) is 0 Å². The average molecular weight is 234 g/mol. The van der Waals surface area contributed by atoms with Crippen molar-refractivity contribution in [3.63, 3.8) is 0 Å². The van der Waals surface area contributed by atoms with Gasteiger partial charge in [-0.25, -0.2) is 0 Å². The molecule has 1 amide bonds. The minimum Gasteiger partial charge on any atom is -0.358 e. The van der Waals surface area contributed by atoms with Gasteiger partial charge in [-0.05, 0) is 7.05 Å². The van der Waals surface area contributed by atoms with E-state index in [2.05, 4.69) is 33.9 Å². The number of likely N-dealkylation sites (N-methyl/N-ethyl adjacent to an activating group) is 2. The summed E-state index contributed by atoms with van der Waals surface area (Å²) in [6, 6.07) is 0.298. The molecule has 0 radical (unpaired) electrons. The third-order valence-corrected chi connectivity index (χ3v) is 2.42. The van der Waals surface area contributed by atoms with Crippen LogP contribution in [-0.2, 0) is 4.79 Å². The van der Waals surface area contributed by atoms with Crippen LogP contribution in [0.4, 0.5) is 0 Å². The van der Waals surface area contributed by atoms with Crippen LogP contribution in [0.2, 0.25) is 0 Å². The first-order chi connectivity index (χ1) is 7.24. The maximum atomic E-state index is 10.9. The molecule has 0 heterocycles. The molecule has 0 aliphatic rings. The Balaban J connectivity index is 3.47. The lowest BCUT2D eigenvalue weighted by molar-refractivity contribution is -0.119. The summed E-state index contributed by atoms with van der Waals surface area (Å²) in [4.78, 5) is 10.9. The SMILES string of the molecule is CNCCN[C@H](CS)CNCC(=O)NC. The van der Waals surface area contributed by atoms with Gasteiger partial charge in [0.2, 0.25) is 5.91 Å². The summed E-state index contributed by atoms with van der Waals surface area (Å²) in [5, 5.41) is 12.0. The lowest BCUT2D eigenvalue weighted by Gasteiger charge is -2.16. The Morgan fingerprint density at radius 2 is 2.07 bits per heavy atom. The zero-order valence-corrected chi connectivity index (χ0v) is 10.4. The molecule has 6 heteroatoms. The Morgan fingerprint density at radius 1 is 1.33 bits per heavy atom. The number of carbonyl (C=O) groups is 1. The fourth-order valence-electron chi connectivity index (χ4n) is 1.05. The predicted molar refractivity (Wildman–Crippen MR) is 66.5 cm³/mol. The van der Waals surface area contributed by atoms with Crippen molar-refractivity contribution in [2.75, 3.05) is 46.0 Å². The van der Waals surface area contributed by atoms with Crippen LogP contribution in [0.1, 0.15) is 0 Å². The Labute approximate surface area is 97.2 Å². The third-order valence-electron chi connectivity index (χ3n) is 1.98. The number of hydrogen-bond acceptors (Lipinski definition) is 5. The molecule has 5 nitrogen and oxygen atoms in total. The van der Waals surface area contributed by atoms with Crippen LogP contribution in [-0.4, -0.2) is 58.0 Å². The van der Waals surface area contributed by atoms with E-state index >= 15 is 0 Å². The van der Waals surface area contributed by atoms with Gasteiger partial charge in [-0.2, -0.15) is 12.6 Å². The van der Waals surface area contributed by atoms with E-state index in [0.717, 1.165) is 25.4 Å². The zero-order valence-electron chi connectivity index (χ0n) is 9.47. The summed E-state index contributed by atoms with van der Waals surface area (Å²) >= 11 is 4.24. The molecular weight excluding hydrogens is 212 g/mol. The number of carbonyl (C=O) groups excluding carboxylic acids is 1. The Kier molecular flexibility index (Phi) is 10.0. The molecule has 0 saturated carbocycles. The molecule has 15 heavy (non-hydrogen) atoms. The molecule has 0 aromatic carbocycles. The first kappa shape index (κ1) is 14.7. The van der Waals surface area contributed by atoms with Crippen molar-refractivity contribution in [1.82, 2.24) is 21.3 Å². The minimum absolute atomic E-state index is 0.00291. The van der Waals surface area contributed by atoms with Gasteiger partial charge in [-0.15, -0.1) is 0 Å². The molecule has 0 fully saturated rings. The molecule has 0 saturated heterocycles. The van der Waals surface area contributed by atoms with Crippen LogP contribution < -0.4 is 21.3 Å². The van der Waals surface area contributed by atoms with Crippen molar-refractivity contribution >= 4 is 18.5 Å². The average Bonchev–Trinajstić information content (AvgIpc) is 2.26. The zero-order chi connectivity index (χ0) is 11.5. The third kappa shape index (κ3) is 8.68. The molecule has 0 aromatic heterocycles. The van der Waals surface area contributed by atoms with Gasteiger partial charge in [0.15, 0.2) is 0 Å². The normalized spacial score (nSPS) is 12.5. The van der Waals surface area contributed by atoms with Crippen molar-refractivity contribution in [2.45, 2.75) is 6.04 Å². The fraction of sp³-hybridized carbons (Fsp3) is 0.889. The summed E-state index contributed by atoms with van der Waals surface area (Å²) in [7, 11) is 3.55. The second-order valence-electron chi connectivity index (χ2n) is 3.24. The summed E-state index contributed by atoms with van der Waals surface area (Å²) in [6.45, 7) is 2.94. The molecule has 90 valence electrons. The lowest BCUT2D eigenvalue weighted by atomic mass is 10.3. The standard InChI is InChI=1S/C9H22N4OS/c1-10-3-4-13-8(7-15)5-12-6-9(14)11-2/h8,10,12-13,15H,3-7H2,1-2H3,(H,11,14)/t8-/m0/s1. The van der Waals surface area contributed by atoms with Crippen molar-refractivity contribution in [2.24, 2.45) is 0 Å². The van der Waals surface area contributed by atoms with Crippen LogP contribution in [0.3, 0.4) is 0 Å². The summed E-state index contributed by atoms with van der Waals surface area (Å²) in [5.41, 5.74) is 0. The van der Waals surface area contributed by atoms with Gasteiger partial charge >= 0.3 is 0 Å². The molecule has 0 aromatic rings. The van der Waals surface area contributed by atoms with Crippen LogP contribution in [0.5, 0.6) is 0 Å². The summed E-state index contributed by atoms with van der Waals surface area (Å²) in [5.74, 6) is 0.757. The summed E-state index contributed by atoms with van der Waals surface area (Å²) in [6.07, 6.45) is 0. The molecule has 1 atom stereocenters. The first-order valence-electron chi connectivity index (χ1n) is 5.14. The van der Waals surface area contributed by atoms with Gasteiger partial charge in [-0.1, -0.05) is 0 Å². The predicted octanol–water partition coefficient (Wildman–Crippen LogP) is -1.57. The van der Waals surface area contributed by atoms with E-state index in [1.54, 1.807) is 7.05 Å². The summed E-state index contributed by atoms with van der Waals surface area (Å²) < 4.78 is 0. The lowest BCUT2D eigenvalue weighted by Crippen LogP contribution is -2.44. The van der Waals surface area contributed by atoms with E-state index in [9.17, 15) is 4.79 Å². The highest BCUT2D eigenvalue weighted by Gasteiger charge is 2.05. The van der Waals surface area contributed by atoms with Crippen LogP contribution in [0.25, 0.3) is 0 Å². The Morgan fingerprint density at radius 3 is 2.60 bits per heavy atom. The molecule has 4 N–H and O–H groups in total. The number of hydrogen-bond donors (Lipinski definition) is 5. The van der Waals surface area contributed by atoms with Gasteiger partial charge < -0.3 is 21.3 Å². The van der Waals surface area contributed by atoms with Crippen molar-refractivity contribution in [3.8, 4) is 0 Å². The molecule has 0 spiro atoms. The van der Waals surface area contributed by atoms with E-state index in [1.165, 1.54) is 0 Å². The Bertz CT molecular complexity index is 168. The topological polar surface area (TPSA) is 65.2 Å². The van der Waals surface area contributed by atoms with E-state index in [-0.39, 0.29) is 5.91 Å². The fourth-order valence-corrected chi connectivity index (χ4v) is 1.31. The van der Waals surface area contributed by atoms with Crippen LogP contribution in [0, 0.1) is 0 Å². The molecule has 0 unspecified atom stereocenters. The van der Waals surface area contributed by atoms with Crippen LogP contribution >= 0.6 is 12.6 Å².